The molecular formula is C31H38N3O9PS2. The van der Waals surface area contributed by atoms with Crippen LogP contribution >= 0.6 is 19.1 Å². The summed E-state index contributed by atoms with van der Waals surface area (Å²) >= 11 is 5.28. The van der Waals surface area contributed by atoms with E-state index in [1.54, 1.807) is 0 Å². The number of nitrogens with zero attached hydrogens (tertiary/aromatic N) is 1. The Kier molecular flexibility index (Phi) is 10.4. The molecular weight excluding hydrogens is 653 g/mol. The quantitative estimate of drug-likeness (QED) is 0.0725. The lowest BCUT2D eigenvalue weighted by Crippen LogP contribution is -2.33. The van der Waals surface area contributed by atoms with Gasteiger partial charge in [-0.25, -0.2) is 4.79 Å². The predicted molar refractivity (Wildman–Crippen MR) is 179 cm³/mol. The minimum Gasteiger partial charge on any atom is -0.432 e. The number of benzene rings is 2. The van der Waals surface area contributed by atoms with Crippen LogP contribution < -0.4 is 10.9 Å². The Hall–Kier alpha value is -3.10. The zero-order valence-electron chi connectivity index (χ0n) is 25.5. The summed E-state index contributed by atoms with van der Waals surface area (Å²) in [6.45, 7) is 2.45. The Morgan fingerprint density at radius 3 is 2.37 bits per heavy atom. The summed E-state index contributed by atoms with van der Waals surface area (Å²) in [5.74, 6) is -0.823. The fourth-order valence-electron chi connectivity index (χ4n) is 5.70. The molecule has 1 saturated heterocycles. The van der Waals surface area contributed by atoms with Crippen LogP contribution in [0.1, 0.15) is 35.3 Å². The molecule has 3 aromatic rings. The van der Waals surface area contributed by atoms with E-state index in [2.05, 4.69) is 34.1 Å². The Morgan fingerprint density at radius 2 is 1.74 bits per heavy atom. The molecule has 0 radical (unpaired) electrons. The Morgan fingerprint density at radius 1 is 1.11 bits per heavy atom. The van der Waals surface area contributed by atoms with Crippen molar-refractivity contribution in [3.63, 3.8) is 0 Å². The topological polar surface area (TPSA) is 169 Å². The molecule has 1 aliphatic carbocycles. The van der Waals surface area contributed by atoms with Crippen molar-refractivity contribution in [3.8, 4) is 11.1 Å². The van der Waals surface area contributed by atoms with E-state index in [1.807, 2.05) is 48.5 Å². The number of hydrogen-bond donors (Lipinski definition) is 4. The van der Waals surface area contributed by atoms with Crippen LogP contribution in [-0.2, 0) is 30.3 Å². The fourth-order valence-corrected chi connectivity index (χ4v) is 7.63. The van der Waals surface area contributed by atoms with Crippen LogP contribution in [0.4, 0.5) is 4.79 Å². The highest BCUT2D eigenvalue weighted by Gasteiger charge is 2.43. The number of rotatable bonds is 12. The van der Waals surface area contributed by atoms with Gasteiger partial charge in [-0.15, -0.1) is 13.2 Å². The third-order valence-corrected chi connectivity index (χ3v) is 10.9. The van der Waals surface area contributed by atoms with Crippen LogP contribution in [0, 0.1) is 4.77 Å². The van der Waals surface area contributed by atoms with Crippen LogP contribution in [0.5, 0.6) is 0 Å². The van der Waals surface area contributed by atoms with Crippen LogP contribution in [0.15, 0.2) is 59.5 Å². The number of ether oxygens (including phenoxy) is 2. The number of aliphatic hydroxyl groups excluding tert-OH is 2. The predicted octanol–water partition coefficient (Wildman–Crippen LogP) is 3.01. The smallest absolute Gasteiger partial charge is 0.432 e. The molecule has 1 aromatic heterocycles. The molecule has 4 N–H and O–H groups in total. The van der Waals surface area contributed by atoms with Gasteiger partial charge in [-0.3, -0.25) is 14.3 Å². The van der Waals surface area contributed by atoms with E-state index < -0.39 is 59.0 Å². The number of carbonyl (C=O) groups excluding carboxylic acids is 1. The number of aromatic amines is 1. The third kappa shape index (κ3) is 7.88. The van der Waals surface area contributed by atoms with E-state index in [0.717, 1.165) is 28.4 Å². The minimum absolute atomic E-state index is 0.00490. The molecule has 0 amide bonds. The highest BCUT2D eigenvalue weighted by atomic mass is 32.2. The average molecular weight is 692 g/mol. The van der Waals surface area contributed by atoms with Gasteiger partial charge in [-0.1, -0.05) is 48.5 Å². The number of fused-ring (bicyclic) bond motifs is 3. The molecule has 0 unspecified atom stereocenters. The van der Waals surface area contributed by atoms with E-state index in [4.69, 9.17) is 21.7 Å². The second-order valence-electron chi connectivity index (χ2n) is 12.1. The van der Waals surface area contributed by atoms with E-state index in [1.165, 1.54) is 10.8 Å². The molecule has 1 aliphatic heterocycles. The molecule has 0 saturated carbocycles. The highest BCUT2D eigenvalue weighted by molar-refractivity contribution is 7.87. The second-order valence-corrected chi connectivity index (χ2v) is 18.5. The third-order valence-electron chi connectivity index (χ3n) is 8.04. The van der Waals surface area contributed by atoms with E-state index in [0.29, 0.717) is 6.42 Å². The zero-order chi connectivity index (χ0) is 33.2. The second kappa shape index (κ2) is 13.9. The molecule has 0 spiro atoms. The molecule has 2 aliphatic rings. The largest absolute Gasteiger partial charge is 0.524 e. The number of nitrogens with one attached hydrogen (secondary N) is 2. The number of aromatic nitrogens is 2. The maximum Gasteiger partial charge on any atom is 0.524 e. The molecule has 15 heteroatoms. The number of aliphatic hydroxyl groups is 2. The average Bonchev–Trinajstić information content (AvgIpc) is 3.46. The van der Waals surface area contributed by atoms with Crippen molar-refractivity contribution >= 4 is 41.7 Å². The maximum absolute atomic E-state index is 12.6. The number of carbonyl (C=O) groups is 1. The van der Waals surface area contributed by atoms with Crippen molar-refractivity contribution in [1.29, 1.82) is 0 Å². The highest BCUT2D eigenvalue weighted by Crippen LogP contribution is 2.44. The first-order chi connectivity index (χ1) is 21.7. The summed E-state index contributed by atoms with van der Waals surface area (Å²) in [5, 5.41) is 24.1. The molecule has 1 fully saturated rings. The van der Waals surface area contributed by atoms with Crippen LogP contribution in [0.2, 0.25) is 0 Å². The summed E-state index contributed by atoms with van der Waals surface area (Å²) in [7, 11) is -4.30. The van der Waals surface area contributed by atoms with Gasteiger partial charge < -0.3 is 29.2 Å². The summed E-state index contributed by atoms with van der Waals surface area (Å²) < 4.78 is 42.1. The Bertz CT molecular complexity index is 1830. The Balaban J connectivity index is 1.13. The molecule has 2 heterocycles. The lowest BCUT2D eigenvalue weighted by molar-refractivity contribution is -0.0392. The fraction of sp³-hybridized carbons (Fsp3) is 0.419. The molecule has 0 bridgehead atoms. The molecule has 2 aromatic carbocycles. The van der Waals surface area contributed by atoms with E-state index in [-0.39, 0.29) is 35.9 Å². The van der Waals surface area contributed by atoms with Gasteiger partial charge in [-0.05, 0) is 60.4 Å². The van der Waals surface area contributed by atoms with E-state index >= 15 is 0 Å². The standard InChI is InChI=1S/C31H38N3O9PS2/c1-44(2,3)14-12-25-26(35)27(36)29(42-25)34-17-19(28(37)33-30(34)45)16-32-13-15-46(39,40)43-31(38)41-18-24-22-10-6-4-8-20(22)21-9-5-7-11-23(21)24/h4-11,17,24-27,29,32,35-36H,1,12-16,18H2,2-3H3,(H,33,37,45)/t25-,26-,27-,29-/m1/s1. The van der Waals surface area contributed by atoms with Crippen molar-refractivity contribution < 1.29 is 37.1 Å². The lowest BCUT2D eigenvalue weighted by Gasteiger charge is -2.20. The lowest BCUT2D eigenvalue weighted by atomic mass is 9.98. The minimum atomic E-state index is -4.30. The van der Waals surface area contributed by atoms with Crippen molar-refractivity contribution in [2.75, 3.05) is 38.4 Å². The van der Waals surface area contributed by atoms with Gasteiger partial charge in [-0.2, -0.15) is 8.42 Å². The molecule has 5 rings (SSSR count). The van der Waals surface area contributed by atoms with Crippen molar-refractivity contribution in [3.05, 3.63) is 86.5 Å². The first-order valence-electron chi connectivity index (χ1n) is 14.8. The normalized spacial score (nSPS) is 21.1. The van der Waals surface area contributed by atoms with Gasteiger partial charge in [0, 0.05) is 30.8 Å². The summed E-state index contributed by atoms with van der Waals surface area (Å²) in [4.78, 5) is 27.4. The van der Waals surface area contributed by atoms with E-state index in [9.17, 15) is 28.2 Å². The zero-order valence-corrected chi connectivity index (χ0v) is 28.0. The van der Waals surface area contributed by atoms with Gasteiger partial charge in [0.25, 0.3) is 5.56 Å². The molecule has 46 heavy (non-hydrogen) atoms. The first kappa shape index (κ1) is 34.2. The van der Waals surface area contributed by atoms with Crippen LogP contribution in [-0.4, -0.2) is 97.3 Å². The number of H-pyrrole nitrogens is 1. The van der Waals surface area contributed by atoms with Crippen LogP contribution in [0.3, 0.4) is 0 Å². The summed E-state index contributed by atoms with van der Waals surface area (Å²) in [6, 6.07) is 15.5. The molecule has 12 nitrogen and oxygen atoms in total. The van der Waals surface area contributed by atoms with Gasteiger partial charge in [0.05, 0.1) is 11.9 Å². The molecule has 248 valence electrons. The number of hydrogen-bond acceptors (Lipinski definition) is 11. The molecule has 4 atom stereocenters. The summed E-state index contributed by atoms with van der Waals surface area (Å²) in [5.41, 5.74) is 3.70. The van der Waals surface area contributed by atoms with Crippen molar-refractivity contribution in [2.45, 2.75) is 43.4 Å². The first-order valence-corrected chi connectivity index (χ1v) is 19.8. The SMILES string of the molecule is C=P(C)(C)CC[C@H]1O[C@@H](n2cc(CNCCS(=O)(=O)OC(=O)OCC3c4ccccc4-c4ccccc43)c(=O)[nH]c2=S)[C@H](O)[C@@H]1O. The Labute approximate surface area is 272 Å². The van der Waals surface area contributed by atoms with Crippen molar-refractivity contribution in [1.82, 2.24) is 14.9 Å². The summed E-state index contributed by atoms with van der Waals surface area (Å²) in [6.07, 6.45) is 1.43. The van der Waals surface area contributed by atoms with Gasteiger partial charge in [0.15, 0.2) is 11.0 Å². The maximum atomic E-state index is 12.6. The van der Waals surface area contributed by atoms with Crippen molar-refractivity contribution in [2.24, 2.45) is 0 Å². The van der Waals surface area contributed by atoms with Crippen LogP contribution in [0.25, 0.3) is 11.1 Å². The van der Waals surface area contributed by atoms with Gasteiger partial charge >= 0.3 is 16.3 Å². The van der Waals surface area contributed by atoms with Gasteiger partial charge in [0.2, 0.25) is 0 Å². The van der Waals surface area contributed by atoms with Gasteiger partial charge in [0.1, 0.15) is 18.8 Å². The monoisotopic (exact) mass is 691 g/mol.